The minimum absolute atomic E-state index is 0. The number of benzene rings is 1. The van der Waals surface area contributed by atoms with Crippen molar-refractivity contribution in [3.05, 3.63) is 35.6 Å². The fourth-order valence-corrected chi connectivity index (χ4v) is 3.53. The summed E-state index contributed by atoms with van der Waals surface area (Å²) in [5, 5.41) is 3.45. The topological polar surface area (TPSA) is 32.3 Å². The molecule has 2 saturated heterocycles. The van der Waals surface area contributed by atoms with Gasteiger partial charge in [-0.2, -0.15) is 0 Å². The Labute approximate surface area is 137 Å². The van der Waals surface area contributed by atoms with Gasteiger partial charge in [0.1, 0.15) is 5.82 Å². The minimum Gasteiger partial charge on any atom is -0.343 e. The van der Waals surface area contributed by atoms with Crippen LogP contribution in [0.2, 0.25) is 0 Å². The zero-order chi connectivity index (χ0) is 14.7. The van der Waals surface area contributed by atoms with E-state index in [-0.39, 0.29) is 24.1 Å². The normalized spacial score (nSPS) is 24.3. The van der Waals surface area contributed by atoms with Gasteiger partial charge in [-0.15, -0.1) is 12.4 Å². The molecule has 0 radical (unpaired) electrons. The number of nitrogens with one attached hydrogen (secondary N) is 1. The number of likely N-dealkylation sites (tertiary alicyclic amines) is 1. The van der Waals surface area contributed by atoms with Crippen molar-refractivity contribution in [2.75, 3.05) is 26.2 Å². The summed E-state index contributed by atoms with van der Waals surface area (Å²) in [6.45, 7) is 4.01. The van der Waals surface area contributed by atoms with E-state index < -0.39 is 0 Å². The SMILES string of the molecule is Cl.O=C(CCc1ccc(F)cc1)N1CC[C@@H]2CNC[C@@H]2CC1. The maximum atomic E-state index is 12.9. The Morgan fingerprint density at radius 3 is 2.32 bits per heavy atom. The molecule has 5 heteroatoms. The van der Waals surface area contributed by atoms with Crippen LogP contribution in [0.15, 0.2) is 24.3 Å². The molecule has 2 aliphatic rings. The second-order valence-corrected chi connectivity index (χ2v) is 6.26. The second-order valence-electron chi connectivity index (χ2n) is 6.26. The van der Waals surface area contributed by atoms with Crippen molar-refractivity contribution in [3.8, 4) is 0 Å². The molecule has 2 aliphatic heterocycles. The first-order valence-corrected chi connectivity index (χ1v) is 7.95. The summed E-state index contributed by atoms with van der Waals surface area (Å²) < 4.78 is 12.9. The Hall–Kier alpha value is -1.13. The minimum atomic E-state index is -0.224. The molecule has 1 N–H and O–H groups in total. The van der Waals surface area contributed by atoms with Gasteiger partial charge < -0.3 is 10.2 Å². The van der Waals surface area contributed by atoms with Crippen LogP contribution in [0.4, 0.5) is 4.39 Å². The number of carbonyl (C=O) groups is 1. The molecule has 2 atom stereocenters. The Balaban J connectivity index is 0.00000176. The van der Waals surface area contributed by atoms with Crippen LogP contribution in [0.1, 0.15) is 24.8 Å². The van der Waals surface area contributed by atoms with E-state index in [1.54, 1.807) is 12.1 Å². The Kier molecular flexibility index (Phi) is 6.21. The lowest BCUT2D eigenvalue weighted by atomic mass is 9.92. The van der Waals surface area contributed by atoms with Crippen LogP contribution >= 0.6 is 12.4 Å². The van der Waals surface area contributed by atoms with Crippen molar-refractivity contribution in [3.63, 3.8) is 0 Å². The van der Waals surface area contributed by atoms with Gasteiger partial charge in [-0.05, 0) is 61.9 Å². The van der Waals surface area contributed by atoms with Crippen molar-refractivity contribution in [2.24, 2.45) is 11.8 Å². The van der Waals surface area contributed by atoms with Gasteiger partial charge in [0.05, 0.1) is 0 Å². The molecule has 22 heavy (non-hydrogen) atoms. The largest absolute Gasteiger partial charge is 0.343 e. The average Bonchev–Trinajstić information content (AvgIpc) is 2.85. The number of halogens is 2. The van der Waals surface area contributed by atoms with Crippen LogP contribution in [0.5, 0.6) is 0 Å². The molecule has 0 unspecified atom stereocenters. The van der Waals surface area contributed by atoms with Gasteiger partial charge in [0, 0.05) is 19.5 Å². The van der Waals surface area contributed by atoms with Crippen LogP contribution in [-0.2, 0) is 11.2 Å². The van der Waals surface area contributed by atoms with Crippen LogP contribution in [0, 0.1) is 17.7 Å². The maximum Gasteiger partial charge on any atom is 0.222 e. The highest BCUT2D eigenvalue weighted by Gasteiger charge is 2.31. The fourth-order valence-electron chi connectivity index (χ4n) is 3.53. The van der Waals surface area contributed by atoms with Gasteiger partial charge in [0.15, 0.2) is 0 Å². The Morgan fingerprint density at radius 1 is 1.14 bits per heavy atom. The summed E-state index contributed by atoms with van der Waals surface area (Å²) in [6, 6.07) is 6.45. The summed E-state index contributed by atoms with van der Waals surface area (Å²) in [4.78, 5) is 14.4. The quantitative estimate of drug-likeness (QED) is 0.926. The van der Waals surface area contributed by atoms with E-state index in [2.05, 4.69) is 5.32 Å². The van der Waals surface area contributed by atoms with E-state index in [0.717, 1.165) is 56.4 Å². The van der Waals surface area contributed by atoms with Gasteiger partial charge in [-0.3, -0.25) is 4.79 Å². The van der Waals surface area contributed by atoms with Crippen molar-refractivity contribution >= 4 is 18.3 Å². The van der Waals surface area contributed by atoms with E-state index in [9.17, 15) is 9.18 Å². The number of carbonyl (C=O) groups excluding carboxylic acids is 1. The first-order chi connectivity index (χ1) is 10.2. The van der Waals surface area contributed by atoms with Gasteiger partial charge in [-0.25, -0.2) is 4.39 Å². The van der Waals surface area contributed by atoms with Gasteiger partial charge >= 0.3 is 0 Å². The highest BCUT2D eigenvalue weighted by molar-refractivity contribution is 5.85. The number of hydrogen-bond donors (Lipinski definition) is 1. The molecule has 1 amide bonds. The molecule has 1 aromatic rings. The zero-order valence-corrected chi connectivity index (χ0v) is 13.6. The van der Waals surface area contributed by atoms with Crippen molar-refractivity contribution in [2.45, 2.75) is 25.7 Å². The fraction of sp³-hybridized carbons (Fsp3) is 0.588. The summed E-state index contributed by atoms with van der Waals surface area (Å²) in [6.07, 6.45) is 3.48. The number of amides is 1. The lowest BCUT2D eigenvalue weighted by Gasteiger charge is -2.21. The van der Waals surface area contributed by atoms with E-state index in [0.29, 0.717) is 12.8 Å². The van der Waals surface area contributed by atoms with Crippen molar-refractivity contribution in [1.29, 1.82) is 0 Å². The lowest BCUT2D eigenvalue weighted by Crippen LogP contribution is -2.32. The van der Waals surface area contributed by atoms with Crippen molar-refractivity contribution in [1.82, 2.24) is 10.2 Å². The molecule has 122 valence electrons. The van der Waals surface area contributed by atoms with Crippen LogP contribution < -0.4 is 5.32 Å². The molecule has 0 bridgehead atoms. The first kappa shape index (κ1) is 17.2. The maximum absolute atomic E-state index is 12.9. The van der Waals surface area contributed by atoms with Crippen LogP contribution in [0.3, 0.4) is 0 Å². The monoisotopic (exact) mass is 326 g/mol. The number of nitrogens with zero attached hydrogens (tertiary/aromatic N) is 1. The highest BCUT2D eigenvalue weighted by Crippen LogP contribution is 2.27. The van der Waals surface area contributed by atoms with E-state index >= 15 is 0 Å². The third-order valence-corrected chi connectivity index (χ3v) is 4.91. The second kappa shape index (κ2) is 7.93. The van der Waals surface area contributed by atoms with Gasteiger partial charge in [0.2, 0.25) is 5.91 Å². The molecule has 0 spiro atoms. The highest BCUT2D eigenvalue weighted by atomic mass is 35.5. The molecular weight excluding hydrogens is 303 g/mol. The van der Waals surface area contributed by atoms with Crippen molar-refractivity contribution < 1.29 is 9.18 Å². The standard InChI is InChI=1S/C17H23FN2O.ClH/c18-16-4-1-13(2-5-16)3-6-17(21)20-9-7-14-11-19-12-15(14)8-10-20;/h1-2,4-5,14-15,19H,3,6-12H2;1H/t14-,15+;. The molecule has 0 aliphatic carbocycles. The molecule has 2 heterocycles. The lowest BCUT2D eigenvalue weighted by molar-refractivity contribution is -0.131. The van der Waals surface area contributed by atoms with E-state index in [4.69, 9.17) is 0 Å². The third kappa shape index (κ3) is 4.20. The number of hydrogen-bond acceptors (Lipinski definition) is 2. The average molecular weight is 327 g/mol. The summed E-state index contributed by atoms with van der Waals surface area (Å²) in [7, 11) is 0. The summed E-state index contributed by atoms with van der Waals surface area (Å²) in [5.74, 6) is 1.52. The Morgan fingerprint density at radius 2 is 1.73 bits per heavy atom. The van der Waals surface area contributed by atoms with Gasteiger partial charge in [-0.1, -0.05) is 12.1 Å². The summed E-state index contributed by atoms with van der Waals surface area (Å²) >= 11 is 0. The van der Waals surface area contributed by atoms with Crippen LogP contribution in [0.25, 0.3) is 0 Å². The summed E-state index contributed by atoms with van der Waals surface area (Å²) in [5.41, 5.74) is 1.03. The van der Waals surface area contributed by atoms with E-state index in [1.807, 2.05) is 4.90 Å². The molecule has 0 aromatic heterocycles. The molecular formula is C17H24ClFN2O. The van der Waals surface area contributed by atoms with Crippen LogP contribution in [-0.4, -0.2) is 37.0 Å². The zero-order valence-electron chi connectivity index (χ0n) is 12.8. The predicted octanol–water partition coefficient (Wildman–Crippen LogP) is 2.64. The Bertz CT molecular complexity index is 480. The van der Waals surface area contributed by atoms with Gasteiger partial charge in [0.25, 0.3) is 0 Å². The molecule has 3 nitrogen and oxygen atoms in total. The first-order valence-electron chi connectivity index (χ1n) is 7.95. The number of aryl methyl sites for hydroxylation is 1. The van der Waals surface area contributed by atoms with E-state index in [1.165, 1.54) is 12.1 Å². The predicted molar refractivity (Wildman–Crippen MR) is 87.6 cm³/mol. The number of fused-ring (bicyclic) bond motifs is 1. The smallest absolute Gasteiger partial charge is 0.222 e. The molecule has 2 fully saturated rings. The molecule has 3 rings (SSSR count). The molecule has 0 saturated carbocycles. The number of rotatable bonds is 3. The molecule has 1 aromatic carbocycles. The third-order valence-electron chi connectivity index (χ3n) is 4.91.